The Bertz CT molecular complexity index is 1030. The number of fused-ring (bicyclic) bond motifs is 2. The molecule has 0 radical (unpaired) electrons. The predicted octanol–water partition coefficient (Wildman–Crippen LogP) is 3.86. The highest BCUT2D eigenvalue weighted by atomic mass is 16.6. The number of aromatic nitrogens is 1. The van der Waals surface area contributed by atoms with Crippen LogP contribution in [-0.2, 0) is 19.1 Å². The van der Waals surface area contributed by atoms with Crippen LogP contribution in [0.3, 0.4) is 0 Å². The Balaban J connectivity index is 1.59. The smallest absolute Gasteiger partial charge is 0.309 e. The number of esters is 1. The Morgan fingerprint density at radius 1 is 1.17 bits per heavy atom. The average molecular weight is 504 g/mol. The number of oxazole rings is 1. The number of cyclic esters (lactones) is 1. The number of hydrogen-bond donors (Lipinski definition) is 2. The number of rotatable bonds is 2. The van der Waals surface area contributed by atoms with Crippen molar-refractivity contribution in [2.24, 2.45) is 29.1 Å². The zero-order valence-electron chi connectivity index (χ0n) is 22.5. The minimum Gasteiger partial charge on any atom is -0.458 e. The first-order valence-electron chi connectivity index (χ1n) is 13.1. The van der Waals surface area contributed by atoms with Crippen molar-refractivity contribution < 1.29 is 33.7 Å². The van der Waals surface area contributed by atoms with Gasteiger partial charge < -0.3 is 24.1 Å². The third kappa shape index (κ3) is 5.46. The standard InChI is InChI=1S/C28H41NO7/c1-14(8-19-13-34-17(4)29-19)21-10-23-28(7,36-23)12-18-9-20(18)15(2)25(32)16(3)26(33)27(5,6)22(30)11-24(31)35-21/h8,13,15-16,18,20-23,25,30,32H,9-12H2,1-7H3/b14-8+/t15-,16+,18?,20?,21-,22-,23?,25-,28?/m0/s1. The van der Waals surface area contributed by atoms with Crippen LogP contribution in [0.5, 0.6) is 0 Å². The fourth-order valence-corrected chi connectivity index (χ4v) is 5.97. The molecule has 0 aromatic carbocycles. The monoisotopic (exact) mass is 503 g/mol. The number of aryl methyl sites for hydroxylation is 1. The van der Waals surface area contributed by atoms with E-state index in [4.69, 9.17) is 13.9 Å². The number of ether oxygens (including phenoxy) is 2. The highest BCUT2D eigenvalue weighted by molar-refractivity contribution is 5.88. The highest BCUT2D eigenvalue weighted by Gasteiger charge is 2.58. The summed E-state index contributed by atoms with van der Waals surface area (Å²) in [4.78, 5) is 30.6. The van der Waals surface area contributed by atoms with Crippen molar-refractivity contribution in [1.29, 1.82) is 0 Å². The van der Waals surface area contributed by atoms with Gasteiger partial charge in [0.1, 0.15) is 23.8 Å². The van der Waals surface area contributed by atoms with E-state index in [2.05, 4.69) is 11.9 Å². The third-order valence-electron chi connectivity index (χ3n) is 8.87. The number of nitrogens with zero attached hydrogens (tertiary/aromatic N) is 1. The molecule has 9 atom stereocenters. The normalized spacial score (nSPS) is 41.8. The van der Waals surface area contributed by atoms with Crippen LogP contribution in [0.1, 0.15) is 78.8 Å². The second-order valence-corrected chi connectivity index (χ2v) is 12.1. The number of ketones is 1. The molecule has 8 heteroatoms. The van der Waals surface area contributed by atoms with Crippen LogP contribution in [0.4, 0.5) is 0 Å². The van der Waals surface area contributed by atoms with Crippen LogP contribution in [0.25, 0.3) is 6.08 Å². The highest BCUT2D eigenvalue weighted by Crippen LogP contribution is 2.56. The van der Waals surface area contributed by atoms with Crippen LogP contribution in [0.2, 0.25) is 0 Å². The number of Topliss-reactive ketones (excluding diaryl/α,β-unsaturated/α-hetero) is 1. The van der Waals surface area contributed by atoms with E-state index in [-0.39, 0.29) is 29.8 Å². The molecule has 3 heterocycles. The minimum atomic E-state index is -1.24. The van der Waals surface area contributed by atoms with Gasteiger partial charge >= 0.3 is 5.97 Å². The lowest BCUT2D eigenvalue weighted by Crippen LogP contribution is -2.46. The molecule has 0 amide bonds. The molecule has 1 saturated carbocycles. The molecular formula is C28H41NO7. The first-order chi connectivity index (χ1) is 16.7. The molecule has 1 aliphatic carbocycles. The molecule has 0 bridgehead atoms. The molecule has 200 valence electrons. The Morgan fingerprint density at radius 3 is 2.50 bits per heavy atom. The zero-order chi connectivity index (χ0) is 26.6. The largest absolute Gasteiger partial charge is 0.458 e. The first-order valence-corrected chi connectivity index (χ1v) is 13.1. The number of carbonyl (C=O) groups excluding carboxylic acids is 2. The van der Waals surface area contributed by atoms with E-state index >= 15 is 0 Å². The van der Waals surface area contributed by atoms with Crippen LogP contribution < -0.4 is 0 Å². The van der Waals surface area contributed by atoms with Gasteiger partial charge in [-0.2, -0.15) is 0 Å². The maximum Gasteiger partial charge on any atom is 0.309 e. The van der Waals surface area contributed by atoms with E-state index in [0.717, 1.165) is 18.4 Å². The second-order valence-electron chi connectivity index (χ2n) is 12.1. The summed E-state index contributed by atoms with van der Waals surface area (Å²) in [5, 5.41) is 21.9. The molecule has 3 fully saturated rings. The summed E-state index contributed by atoms with van der Waals surface area (Å²) in [7, 11) is 0. The molecule has 3 aliphatic rings. The van der Waals surface area contributed by atoms with Crippen LogP contribution >= 0.6 is 0 Å². The van der Waals surface area contributed by atoms with E-state index in [1.165, 1.54) is 0 Å². The van der Waals surface area contributed by atoms with Gasteiger partial charge in [-0.1, -0.05) is 27.7 Å². The fraction of sp³-hybridized carbons (Fsp3) is 0.750. The summed E-state index contributed by atoms with van der Waals surface area (Å²) in [6.45, 7) is 12.7. The van der Waals surface area contributed by atoms with Gasteiger partial charge in [-0.3, -0.25) is 9.59 Å². The summed E-state index contributed by atoms with van der Waals surface area (Å²) in [6.07, 6.45) is 2.76. The number of hydrogen-bond acceptors (Lipinski definition) is 8. The third-order valence-corrected chi connectivity index (χ3v) is 8.87. The summed E-state index contributed by atoms with van der Waals surface area (Å²) < 4.78 is 17.3. The van der Waals surface area contributed by atoms with Crippen molar-refractivity contribution in [2.45, 2.75) is 104 Å². The van der Waals surface area contributed by atoms with Crippen molar-refractivity contribution in [2.75, 3.05) is 0 Å². The van der Waals surface area contributed by atoms with Crippen molar-refractivity contribution in [3.8, 4) is 0 Å². The molecular weight excluding hydrogens is 462 g/mol. The van der Waals surface area contributed by atoms with Gasteiger partial charge in [-0.15, -0.1) is 0 Å². The molecule has 8 nitrogen and oxygen atoms in total. The summed E-state index contributed by atoms with van der Waals surface area (Å²) in [5.74, 6) is -0.222. The SMILES string of the molecule is C/C(=C\c1coc(C)n1)[C@@H]1CC2OC2(C)CC2CC2[C@H](C)[C@H](O)[C@@H](C)C(=O)C(C)(C)[C@@H](O)CC(=O)O1. The first kappa shape index (κ1) is 27.0. The molecule has 4 rings (SSSR count). The molecule has 36 heavy (non-hydrogen) atoms. The van der Waals surface area contributed by atoms with E-state index in [0.29, 0.717) is 29.8 Å². The summed E-state index contributed by atoms with van der Waals surface area (Å²) >= 11 is 0. The maximum absolute atomic E-state index is 13.3. The molecule has 1 aromatic heterocycles. The van der Waals surface area contributed by atoms with E-state index in [1.807, 2.05) is 19.9 Å². The van der Waals surface area contributed by atoms with Gasteiger partial charge in [0.15, 0.2) is 5.89 Å². The molecule has 4 unspecified atom stereocenters. The van der Waals surface area contributed by atoms with Crippen LogP contribution in [0, 0.1) is 36.0 Å². The molecule has 2 N–H and O–H groups in total. The number of carbonyl (C=O) groups is 2. The number of aliphatic hydroxyl groups is 2. The Kier molecular flexibility index (Phi) is 7.27. The quantitative estimate of drug-likeness (QED) is 0.461. The molecule has 0 spiro atoms. The minimum absolute atomic E-state index is 0.0376. The Labute approximate surface area is 213 Å². The zero-order valence-corrected chi connectivity index (χ0v) is 22.5. The number of epoxide rings is 1. The van der Waals surface area contributed by atoms with Crippen molar-refractivity contribution in [3.63, 3.8) is 0 Å². The molecule has 1 aromatic rings. The topological polar surface area (TPSA) is 122 Å². The van der Waals surface area contributed by atoms with E-state index < -0.39 is 35.6 Å². The molecule has 2 saturated heterocycles. The van der Waals surface area contributed by atoms with Crippen molar-refractivity contribution in [1.82, 2.24) is 4.98 Å². The summed E-state index contributed by atoms with van der Waals surface area (Å²) in [6, 6.07) is 0. The van der Waals surface area contributed by atoms with Crippen LogP contribution in [-0.4, -0.2) is 57.0 Å². The summed E-state index contributed by atoms with van der Waals surface area (Å²) in [5.41, 5.74) is -0.0768. The van der Waals surface area contributed by atoms with Gasteiger partial charge in [0.05, 0.1) is 35.7 Å². The van der Waals surface area contributed by atoms with E-state index in [1.54, 1.807) is 34.0 Å². The van der Waals surface area contributed by atoms with Crippen molar-refractivity contribution >= 4 is 17.8 Å². The molecule has 2 aliphatic heterocycles. The van der Waals surface area contributed by atoms with Crippen LogP contribution in [0.15, 0.2) is 16.3 Å². The van der Waals surface area contributed by atoms with Gasteiger partial charge in [0.25, 0.3) is 0 Å². The number of aliphatic hydroxyl groups excluding tert-OH is 2. The second kappa shape index (κ2) is 9.69. The lowest BCUT2D eigenvalue weighted by molar-refractivity contribution is -0.154. The fourth-order valence-electron chi connectivity index (χ4n) is 5.97. The Morgan fingerprint density at radius 2 is 1.86 bits per heavy atom. The predicted molar refractivity (Wildman–Crippen MR) is 133 cm³/mol. The lowest BCUT2D eigenvalue weighted by atomic mass is 9.72. The van der Waals surface area contributed by atoms with Gasteiger partial charge in [0, 0.05) is 19.3 Å². The van der Waals surface area contributed by atoms with Gasteiger partial charge in [-0.05, 0) is 56.1 Å². The van der Waals surface area contributed by atoms with Gasteiger partial charge in [-0.25, -0.2) is 4.98 Å². The van der Waals surface area contributed by atoms with Gasteiger partial charge in [0.2, 0.25) is 0 Å². The lowest BCUT2D eigenvalue weighted by Gasteiger charge is -2.34. The van der Waals surface area contributed by atoms with Crippen molar-refractivity contribution in [3.05, 3.63) is 23.4 Å². The van der Waals surface area contributed by atoms with E-state index in [9.17, 15) is 19.8 Å². The average Bonchev–Trinajstić information content (AvgIpc) is 3.66. The maximum atomic E-state index is 13.3. The Hall–Kier alpha value is -2.03.